The maximum atomic E-state index is 12.7. The Morgan fingerprint density at radius 2 is 2.14 bits per heavy atom. The van der Waals surface area contributed by atoms with E-state index in [-0.39, 0.29) is 24.6 Å². The van der Waals surface area contributed by atoms with Crippen LogP contribution in [0.4, 0.5) is 0 Å². The Balaban J connectivity index is 0.00000220. The van der Waals surface area contributed by atoms with Gasteiger partial charge in [0.1, 0.15) is 0 Å². The zero-order valence-electron chi connectivity index (χ0n) is 12.4. The van der Waals surface area contributed by atoms with Gasteiger partial charge in [-0.1, -0.05) is 12.1 Å². The van der Waals surface area contributed by atoms with E-state index in [1.54, 1.807) is 25.3 Å². The van der Waals surface area contributed by atoms with Gasteiger partial charge in [-0.15, -0.1) is 12.4 Å². The molecule has 0 saturated carbocycles. The van der Waals surface area contributed by atoms with E-state index in [2.05, 4.69) is 0 Å². The molecule has 1 aromatic carbocycles. The van der Waals surface area contributed by atoms with Gasteiger partial charge in [0.2, 0.25) is 10.0 Å². The SMILES string of the molecule is COC1CCN(S(=O)(=O)c2cccc(C)c2)C(CN)C1.Cl. The zero-order valence-corrected chi connectivity index (χ0v) is 14.0. The van der Waals surface area contributed by atoms with Crippen LogP contribution in [0.1, 0.15) is 18.4 Å². The highest BCUT2D eigenvalue weighted by molar-refractivity contribution is 7.89. The van der Waals surface area contributed by atoms with Crippen molar-refractivity contribution in [3.63, 3.8) is 0 Å². The minimum Gasteiger partial charge on any atom is -0.381 e. The molecule has 120 valence electrons. The van der Waals surface area contributed by atoms with Crippen LogP contribution in [0.5, 0.6) is 0 Å². The first-order valence-corrected chi connectivity index (χ1v) is 8.24. The van der Waals surface area contributed by atoms with Gasteiger partial charge in [-0.05, 0) is 37.5 Å². The lowest BCUT2D eigenvalue weighted by molar-refractivity contribution is 0.0401. The summed E-state index contributed by atoms with van der Waals surface area (Å²) in [5, 5.41) is 0. The van der Waals surface area contributed by atoms with Crippen molar-refractivity contribution in [1.82, 2.24) is 4.31 Å². The molecule has 0 bridgehead atoms. The molecule has 1 aromatic rings. The third-order valence-electron chi connectivity index (χ3n) is 3.82. The second-order valence-corrected chi connectivity index (χ2v) is 7.09. The number of nitrogens with two attached hydrogens (primary N) is 1. The molecule has 21 heavy (non-hydrogen) atoms. The Morgan fingerprint density at radius 3 is 2.71 bits per heavy atom. The highest BCUT2D eigenvalue weighted by Crippen LogP contribution is 2.26. The van der Waals surface area contributed by atoms with E-state index in [1.165, 1.54) is 4.31 Å². The monoisotopic (exact) mass is 334 g/mol. The number of hydrogen-bond donors (Lipinski definition) is 1. The maximum absolute atomic E-state index is 12.7. The van der Waals surface area contributed by atoms with Crippen LogP contribution in [-0.2, 0) is 14.8 Å². The van der Waals surface area contributed by atoms with Crippen LogP contribution in [0.15, 0.2) is 29.2 Å². The van der Waals surface area contributed by atoms with Crippen LogP contribution >= 0.6 is 12.4 Å². The number of piperidine rings is 1. The van der Waals surface area contributed by atoms with Gasteiger partial charge >= 0.3 is 0 Å². The molecule has 2 atom stereocenters. The summed E-state index contributed by atoms with van der Waals surface area (Å²) in [5.41, 5.74) is 6.69. The summed E-state index contributed by atoms with van der Waals surface area (Å²) in [6, 6.07) is 6.79. The van der Waals surface area contributed by atoms with Crippen molar-refractivity contribution in [2.75, 3.05) is 20.2 Å². The molecule has 0 aliphatic carbocycles. The molecule has 0 aromatic heterocycles. The first-order valence-electron chi connectivity index (χ1n) is 6.80. The molecule has 1 heterocycles. The van der Waals surface area contributed by atoms with Gasteiger partial charge in [-0.25, -0.2) is 8.42 Å². The molecule has 0 radical (unpaired) electrons. The van der Waals surface area contributed by atoms with Crippen molar-refractivity contribution in [3.05, 3.63) is 29.8 Å². The van der Waals surface area contributed by atoms with Gasteiger partial charge in [0, 0.05) is 26.2 Å². The zero-order chi connectivity index (χ0) is 14.8. The van der Waals surface area contributed by atoms with Crippen LogP contribution in [0.25, 0.3) is 0 Å². The highest BCUT2D eigenvalue weighted by Gasteiger charge is 2.36. The average molecular weight is 335 g/mol. The first kappa shape index (κ1) is 18.4. The maximum Gasteiger partial charge on any atom is 0.243 e. The fraction of sp³-hybridized carbons (Fsp3) is 0.571. The lowest BCUT2D eigenvalue weighted by atomic mass is 10.0. The highest BCUT2D eigenvalue weighted by atomic mass is 35.5. The number of hydrogen-bond acceptors (Lipinski definition) is 4. The topological polar surface area (TPSA) is 72.6 Å². The normalized spacial score (nSPS) is 23.6. The Hall–Kier alpha value is -0.660. The van der Waals surface area contributed by atoms with Crippen molar-refractivity contribution < 1.29 is 13.2 Å². The summed E-state index contributed by atoms with van der Waals surface area (Å²) in [7, 11) is -1.82. The predicted molar refractivity (Wildman–Crippen MR) is 85.2 cm³/mol. The van der Waals surface area contributed by atoms with Gasteiger partial charge in [-0.2, -0.15) is 4.31 Å². The Labute approximate surface area is 132 Å². The molecule has 2 N–H and O–H groups in total. The summed E-state index contributed by atoms with van der Waals surface area (Å²) < 4.78 is 32.3. The molecule has 1 aliphatic heterocycles. The van der Waals surface area contributed by atoms with Crippen LogP contribution < -0.4 is 5.73 Å². The van der Waals surface area contributed by atoms with E-state index in [0.717, 1.165) is 5.56 Å². The second kappa shape index (κ2) is 7.56. The van der Waals surface area contributed by atoms with Crippen LogP contribution in [-0.4, -0.2) is 45.1 Å². The molecule has 2 unspecified atom stereocenters. The second-order valence-electron chi connectivity index (χ2n) is 5.20. The minimum atomic E-state index is -3.48. The van der Waals surface area contributed by atoms with Crippen LogP contribution in [0.3, 0.4) is 0 Å². The van der Waals surface area contributed by atoms with E-state index in [9.17, 15) is 8.42 Å². The van der Waals surface area contributed by atoms with Crippen molar-refractivity contribution in [2.24, 2.45) is 5.73 Å². The van der Waals surface area contributed by atoms with Crippen molar-refractivity contribution >= 4 is 22.4 Å². The van der Waals surface area contributed by atoms with E-state index < -0.39 is 10.0 Å². The number of benzene rings is 1. The molecule has 1 aliphatic rings. The molecule has 7 heteroatoms. The number of methoxy groups -OCH3 is 1. The molecule has 1 saturated heterocycles. The minimum absolute atomic E-state index is 0. The number of halogens is 1. The average Bonchev–Trinajstić information content (AvgIpc) is 2.46. The Bertz CT molecular complexity index is 565. The fourth-order valence-corrected chi connectivity index (χ4v) is 4.41. The standard InChI is InChI=1S/C14H22N2O3S.ClH/c1-11-4-3-5-14(8-11)20(17,18)16-7-6-13(19-2)9-12(16)10-15;/h3-5,8,12-13H,6-7,9-10,15H2,1-2H3;1H. The van der Waals surface area contributed by atoms with Gasteiger partial charge in [0.25, 0.3) is 0 Å². The number of rotatable bonds is 4. The molecule has 0 spiro atoms. The summed E-state index contributed by atoms with van der Waals surface area (Å²) in [5.74, 6) is 0. The number of aryl methyl sites for hydroxylation is 1. The van der Waals surface area contributed by atoms with E-state index >= 15 is 0 Å². The van der Waals surface area contributed by atoms with Crippen molar-refractivity contribution in [2.45, 2.75) is 36.8 Å². The van der Waals surface area contributed by atoms with E-state index in [0.29, 0.717) is 30.8 Å². The lowest BCUT2D eigenvalue weighted by Crippen LogP contribution is -2.51. The van der Waals surface area contributed by atoms with Crippen LogP contribution in [0.2, 0.25) is 0 Å². The molecule has 2 rings (SSSR count). The van der Waals surface area contributed by atoms with Crippen LogP contribution in [0, 0.1) is 6.92 Å². The Morgan fingerprint density at radius 1 is 1.43 bits per heavy atom. The first-order chi connectivity index (χ1) is 9.48. The molecular formula is C14H23ClN2O3S. The molecule has 1 fully saturated rings. The van der Waals surface area contributed by atoms with Gasteiger partial charge in [0.05, 0.1) is 11.0 Å². The fourth-order valence-electron chi connectivity index (χ4n) is 2.65. The van der Waals surface area contributed by atoms with E-state index in [1.807, 2.05) is 13.0 Å². The third kappa shape index (κ3) is 3.96. The summed E-state index contributed by atoms with van der Waals surface area (Å²) >= 11 is 0. The van der Waals surface area contributed by atoms with Gasteiger partial charge in [0.15, 0.2) is 0 Å². The lowest BCUT2D eigenvalue weighted by Gasteiger charge is -2.37. The number of ether oxygens (including phenoxy) is 1. The quantitative estimate of drug-likeness (QED) is 0.906. The van der Waals surface area contributed by atoms with Gasteiger partial charge in [-0.3, -0.25) is 0 Å². The molecule has 5 nitrogen and oxygen atoms in total. The summed E-state index contributed by atoms with van der Waals surface area (Å²) in [4.78, 5) is 0.340. The summed E-state index contributed by atoms with van der Waals surface area (Å²) in [6.45, 7) is 2.65. The predicted octanol–water partition coefficient (Wildman–Crippen LogP) is 1.54. The van der Waals surface area contributed by atoms with Crippen molar-refractivity contribution in [3.8, 4) is 0 Å². The third-order valence-corrected chi connectivity index (χ3v) is 5.76. The number of nitrogens with zero attached hydrogens (tertiary/aromatic N) is 1. The van der Waals surface area contributed by atoms with Gasteiger partial charge < -0.3 is 10.5 Å². The molecular weight excluding hydrogens is 312 g/mol. The molecule has 0 amide bonds. The largest absolute Gasteiger partial charge is 0.381 e. The van der Waals surface area contributed by atoms with E-state index in [4.69, 9.17) is 10.5 Å². The van der Waals surface area contributed by atoms with Crippen molar-refractivity contribution in [1.29, 1.82) is 0 Å². The number of sulfonamides is 1. The summed E-state index contributed by atoms with van der Waals surface area (Å²) in [6.07, 6.45) is 1.45. The Kier molecular flexibility index (Phi) is 6.62. The smallest absolute Gasteiger partial charge is 0.243 e.